The maximum absolute atomic E-state index is 10.6. The molecule has 4 nitrogen and oxygen atoms in total. The van der Waals surface area contributed by atoms with Gasteiger partial charge in [-0.3, -0.25) is 4.98 Å². The van der Waals surface area contributed by atoms with E-state index in [4.69, 9.17) is 0 Å². The number of fused-ring (bicyclic) bond motifs is 3. The van der Waals surface area contributed by atoms with E-state index in [9.17, 15) is 5.11 Å². The molecule has 3 aromatic rings. The summed E-state index contributed by atoms with van der Waals surface area (Å²) in [7, 11) is 2.14. The van der Waals surface area contributed by atoms with Gasteiger partial charge in [0.25, 0.3) is 0 Å². The molecule has 1 aliphatic rings. The molecule has 0 spiro atoms. The van der Waals surface area contributed by atoms with Gasteiger partial charge in [-0.15, -0.1) is 0 Å². The van der Waals surface area contributed by atoms with Crippen molar-refractivity contribution < 1.29 is 5.11 Å². The van der Waals surface area contributed by atoms with Gasteiger partial charge in [0.15, 0.2) is 0 Å². The lowest BCUT2D eigenvalue weighted by atomic mass is 9.89. The van der Waals surface area contributed by atoms with E-state index in [1.807, 2.05) is 12.1 Å². The van der Waals surface area contributed by atoms with Gasteiger partial charge in [-0.05, 0) is 35.7 Å². The van der Waals surface area contributed by atoms with Gasteiger partial charge in [0.05, 0.1) is 6.10 Å². The number of aliphatic hydroxyl groups excluding tert-OH is 1. The summed E-state index contributed by atoms with van der Waals surface area (Å²) >= 11 is 0. The summed E-state index contributed by atoms with van der Waals surface area (Å²) in [6.45, 7) is 1.80. The molecule has 1 aromatic carbocycles. The van der Waals surface area contributed by atoms with E-state index in [0.717, 1.165) is 18.7 Å². The fourth-order valence-corrected chi connectivity index (χ4v) is 3.85. The maximum atomic E-state index is 10.6. The van der Waals surface area contributed by atoms with Crippen molar-refractivity contribution in [1.29, 1.82) is 0 Å². The van der Waals surface area contributed by atoms with Crippen molar-refractivity contribution in [1.82, 2.24) is 14.9 Å². The van der Waals surface area contributed by atoms with E-state index in [0.29, 0.717) is 12.3 Å². The highest BCUT2D eigenvalue weighted by Gasteiger charge is 2.28. The van der Waals surface area contributed by atoms with Crippen LogP contribution in [0.25, 0.3) is 10.9 Å². The topological polar surface area (TPSA) is 50.1 Å². The minimum atomic E-state index is -0.464. The quantitative estimate of drug-likeness (QED) is 0.782. The van der Waals surface area contributed by atoms with Crippen LogP contribution in [0, 0.1) is 0 Å². The van der Waals surface area contributed by atoms with Gasteiger partial charge in [0.1, 0.15) is 0 Å². The largest absolute Gasteiger partial charge is 0.388 e. The SMILES string of the molecule is Cn1c2c(c3ccccc31)CNCC2CC(O)c1ccncc1. The normalized spacial score (nSPS) is 18.8. The fourth-order valence-electron chi connectivity index (χ4n) is 3.85. The zero-order chi connectivity index (χ0) is 15.8. The molecule has 0 saturated carbocycles. The van der Waals surface area contributed by atoms with E-state index < -0.39 is 6.10 Å². The Morgan fingerprint density at radius 1 is 1.26 bits per heavy atom. The molecule has 0 amide bonds. The summed E-state index contributed by atoms with van der Waals surface area (Å²) in [5.74, 6) is 0.305. The molecule has 2 unspecified atom stereocenters. The Bertz CT molecular complexity index is 825. The zero-order valence-electron chi connectivity index (χ0n) is 13.2. The highest BCUT2D eigenvalue weighted by molar-refractivity contribution is 5.86. The van der Waals surface area contributed by atoms with Gasteiger partial charge in [0.2, 0.25) is 0 Å². The first-order valence-corrected chi connectivity index (χ1v) is 8.10. The first-order valence-electron chi connectivity index (χ1n) is 8.10. The molecule has 4 rings (SSSR count). The number of benzene rings is 1. The first kappa shape index (κ1) is 14.4. The van der Waals surface area contributed by atoms with Crippen LogP contribution in [-0.2, 0) is 13.6 Å². The van der Waals surface area contributed by atoms with Crippen molar-refractivity contribution >= 4 is 10.9 Å². The minimum Gasteiger partial charge on any atom is -0.388 e. The lowest BCUT2D eigenvalue weighted by Gasteiger charge is -2.27. The molecule has 2 N–H and O–H groups in total. The Morgan fingerprint density at radius 2 is 2.04 bits per heavy atom. The number of nitrogens with zero attached hydrogens (tertiary/aromatic N) is 2. The molecule has 118 valence electrons. The van der Waals surface area contributed by atoms with Crippen LogP contribution in [-0.4, -0.2) is 21.2 Å². The Hall–Kier alpha value is -2.17. The van der Waals surface area contributed by atoms with E-state index in [1.165, 1.54) is 22.2 Å². The van der Waals surface area contributed by atoms with Gasteiger partial charge in [-0.1, -0.05) is 18.2 Å². The molecule has 23 heavy (non-hydrogen) atoms. The number of hydrogen-bond acceptors (Lipinski definition) is 3. The third-order valence-electron chi connectivity index (χ3n) is 4.94. The van der Waals surface area contributed by atoms with Crippen LogP contribution in [0.2, 0.25) is 0 Å². The van der Waals surface area contributed by atoms with Crippen molar-refractivity contribution in [3.8, 4) is 0 Å². The monoisotopic (exact) mass is 307 g/mol. The Kier molecular flexibility index (Phi) is 3.63. The highest BCUT2D eigenvalue weighted by Crippen LogP contribution is 2.37. The van der Waals surface area contributed by atoms with Crippen molar-refractivity contribution in [3.05, 3.63) is 65.6 Å². The molecular weight excluding hydrogens is 286 g/mol. The van der Waals surface area contributed by atoms with Crippen LogP contribution >= 0.6 is 0 Å². The number of nitrogens with one attached hydrogen (secondary N) is 1. The Balaban J connectivity index is 1.71. The smallest absolute Gasteiger partial charge is 0.0798 e. The Morgan fingerprint density at radius 3 is 2.87 bits per heavy atom. The predicted molar refractivity (Wildman–Crippen MR) is 91.2 cm³/mol. The molecule has 0 bridgehead atoms. The van der Waals surface area contributed by atoms with Crippen molar-refractivity contribution in [2.75, 3.05) is 6.54 Å². The van der Waals surface area contributed by atoms with E-state index in [2.05, 4.69) is 46.2 Å². The van der Waals surface area contributed by atoms with Crippen molar-refractivity contribution in [3.63, 3.8) is 0 Å². The van der Waals surface area contributed by atoms with E-state index in [-0.39, 0.29) is 0 Å². The number of hydrogen-bond donors (Lipinski definition) is 2. The summed E-state index contributed by atoms with van der Waals surface area (Å²) in [6.07, 6.45) is 3.72. The van der Waals surface area contributed by atoms with Crippen LogP contribution in [0.4, 0.5) is 0 Å². The van der Waals surface area contributed by atoms with E-state index >= 15 is 0 Å². The number of aromatic nitrogens is 2. The van der Waals surface area contributed by atoms with Crippen LogP contribution in [0.15, 0.2) is 48.8 Å². The third-order valence-corrected chi connectivity index (χ3v) is 4.94. The summed E-state index contributed by atoms with van der Waals surface area (Å²) < 4.78 is 2.30. The van der Waals surface area contributed by atoms with Crippen molar-refractivity contribution in [2.45, 2.75) is 25.0 Å². The number of rotatable bonds is 3. The van der Waals surface area contributed by atoms with Gasteiger partial charge in [-0.25, -0.2) is 0 Å². The van der Waals surface area contributed by atoms with Gasteiger partial charge < -0.3 is 15.0 Å². The van der Waals surface area contributed by atoms with Crippen LogP contribution < -0.4 is 5.32 Å². The summed E-state index contributed by atoms with van der Waals surface area (Å²) in [5, 5.41) is 15.4. The van der Waals surface area contributed by atoms with Gasteiger partial charge in [0, 0.05) is 55.0 Å². The maximum Gasteiger partial charge on any atom is 0.0798 e. The molecule has 0 fully saturated rings. The second-order valence-corrected chi connectivity index (χ2v) is 6.30. The van der Waals surface area contributed by atoms with Crippen LogP contribution in [0.1, 0.15) is 35.3 Å². The van der Waals surface area contributed by atoms with Gasteiger partial charge >= 0.3 is 0 Å². The molecule has 0 radical (unpaired) electrons. The number of aryl methyl sites for hydroxylation is 1. The van der Waals surface area contributed by atoms with Gasteiger partial charge in [-0.2, -0.15) is 0 Å². The average Bonchev–Trinajstić information content (AvgIpc) is 2.90. The minimum absolute atomic E-state index is 0.305. The second-order valence-electron chi connectivity index (χ2n) is 6.30. The summed E-state index contributed by atoms with van der Waals surface area (Å²) in [6, 6.07) is 12.3. The number of pyridine rings is 1. The van der Waals surface area contributed by atoms with Crippen molar-refractivity contribution in [2.24, 2.45) is 7.05 Å². The molecule has 4 heteroatoms. The zero-order valence-corrected chi connectivity index (χ0v) is 13.2. The number of para-hydroxylation sites is 1. The summed E-state index contributed by atoms with van der Waals surface area (Å²) in [4.78, 5) is 4.03. The molecule has 0 saturated heterocycles. The van der Waals surface area contributed by atoms with Crippen LogP contribution in [0.5, 0.6) is 0 Å². The van der Waals surface area contributed by atoms with E-state index in [1.54, 1.807) is 12.4 Å². The molecular formula is C19H21N3O. The molecule has 0 aliphatic carbocycles. The molecule has 3 heterocycles. The van der Waals surface area contributed by atoms with Crippen LogP contribution in [0.3, 0.4) is 0 Å². The second kappa shape index (κ2) is 5.80. The lowest BCUT2D eigenvalue weighted by Crippen LogP contribution is -2.30. The predicted octanol–water partition coefficient (Wildman–Crippen LogP) is 2.88. The third kappa shape index (κ3) is 2.44. The standard InChI is InChI=1S/C19H21N3O/c1-22-17-5-3-2-4-15(17)16-12-21-11-14(19(16)22)10-18(23)13-6-8-20-9-7-13/h2-9,14,18,21,23H,10-12H2,1H3. The fraction of sp³-hybridized carbons (Fsp3) is 0.316. The molecule has 2 aromatic heterocycles. The highest BCUT2D eigenvalue weighted by atomic mass is 16.3. The lowest BCUT2D eigenvalue weighted by molar-refractivity contribution is 0.154. The number of aliphatic hydroxyl groups is 1. The molecule has 2 atom stereocenters. The summed E-state index contributed by atoms with van der Waals surface area (Å²) in [5.41, 5.74) is 4.94. The molecule has 1 aliphatic heterocycles. The first-order chi connectivity index (χ1) is 11.3. The average molecular weight is 307 g/mol. The Labute approximate surface area is 135 Å².